The van der Waals surface area contributed by atoms with Crippen LogP contribution in [0.1, 0.15) is 43.0 Å². The van der Waals surface area contributed by atoms with Gasteiger partial charge < -0.3 is 10.2 Å². The van der Waals surface area contributed by atoms with Gasteiger partial charge >= 0.3 is 0 Å². The standard InChI is InChI=1S/C36H40ClN3O4S/c1-26-11-15-29(16-12-26)24-39(33(35(42)38-36(3,4)5)23-28-9-7-6-8-10-28)34(41)25-40(31-19-17-30(37)18-20-31)45(43,44)32-21-13-27(2)14-22-32/h6-22,33H,23-25H2,1-5H3,(H,38,42)/t33-/m1/s1. The number of hydrogen-bond acceptors (Lipinski definition) is 4. The highest BCUT2D eigenvalue weighted by atomic mass is 35.5. The molecule has 9 heteroatoms. The van der Waals surface area contributed by atoms with Crippen molar-refractivity contribution in [3.8, 4) is 0 Å². The fraction of sp³-hybridized carbons (Fsp3) is 0.278. The number of anilines is 1. The Morgan fingerprint density at radius 3 is 1.89 bits per heavy atom. The first kappa shape index (κ1) is 33.7. The van der Waals surface area contributed by atoms with E-state index in [-0.39, 0.29) is 29.5 Å². The molecular weight excluding hydrogens is 606 g/mol. The Morgan fingerprint density at radius 1 is 0.778 bits per heavy atom. The van der Waals surface area contributed by atoms with E-state index in [0.29, 0.717) is 5.02 Å². The van der Waals surface area contributed by atoms with E-state index >= 15 is 0 Å². The Balaban J connectivity index is 1.81. The molecule has 4 aromatic carbocycles. The van der Waals surface area contributed by atoms with Crippen LogP contribution < -0.4 is 9.62 Å². The molecule has 0 radical (unpaired) electrons. The number of hydrogen-bond donors (Lipinski definition) is 1. The third kappa shape index (κ3) is 9.19. The Morgan fingerprint density at radius 2 is 1.33 bits per heavy atom. The minimum absolute atomic E-state index is 0.0484. The molecule has 1 N–H and O–H groups in total. The Kier molecular flexibility index (Phi) is 10.7. The highest BCUT2D eigenvalue weighted by Crippen LogP contribution is 2.27. The highest BCUT2D eigenvalue weighted by Gasteiger charge is 2.35. The number of nitrogens with one attached hydrogen (secondary N) is 1. The summed E-state index contributed by atoms with van der Waals surface area (Å²) in [6, 6.07) is 29.1. The number of carbonyl (C=O) groups is 2. The third-order valence-corrected chi connectivity index (χ3v) is 9.29. The van der Waals surface area contributed by atoms with E-state index in [2.05, 4.69) is 5.32 Å². The van der Waals surface area contributed by atoms with Gasteiger partial charge in [-0.3, -0.25) is 13.9 Å². The molecule has 0 saturated heterocycles. The van der Waals surface area contributed by atoms with Crippen LogP contribution in [0.5, 0.6) is 0 Å². The lowest BCUT2D eigenvalue weighted by molar-refractivity contribution is -0.140. The van der Waals surface area contributed by atoms with Crippen LogP contribution in [0.4, 0.5) is 5.69 Å². The molecule has 236 valence electrons. The zero-order chi connectivity index (χ0) is 32.8. The second-order valence-electron chi connectivity index (χ2n) is 12.3. The Hall–Kier alpha value is -4.14. The van der Waals surface area contributed by atoms with Crippen molar-refractivity contribution in [1.82, 2.24) is 10.2 Å². The fourth-order valence-electron chi connectivity index (χ4n) is 4.87. The first-order valence-corrected chi connectivity index (χ1v) is 16.6. The van der Waals surface area contributed by atoms with Gasteiger partial charge in [-0.25, -0.2) is 8.42 Å². The van der Waals surface area contributed by atoms with E-state index in [0.717, 1.165) is 26.6 Å². The SMILES string of the molecule is Cc1ccc(CN(C(=O)CN(c2ccc(Cl)cc2)S(=O)(=O)c2ccc(C)cc2)[C@H](Cc2ccccc2)C(=O)NC(C)(C)C)cc1. The fourth-order valence-corrected chi connectivity index (χ4v) is 6.41. The van der Waals surface area contributed by atoms with Crippen molar-refractivity contribution in [3.05, 3.63) is 130 Å². The van der Waals surface area contributed by atoms with Crippen LogP contribution in [0.15, 0.2) is 108 Å². The molecule has 0 aliphatic heterocycles. The molecule has 0 aliphatic rings. The zero-order valence-electron chi connectivity index (χ0n) is 26.3. The summed E-state index contributed by atoms with van der Waals surface area (Å²) in [5.41, 5.74) is 3.36. The normalized spacial score (nSPS) is 12.3. The summed E-state index contributed by atoms with van der Waals surface area (Å²) >= 11 is 6.14. The molecule has 0 aromatic heterocycles. The summed E-state index contributed by atoms with van der Waals surface area (Å²) in [7, 11) is -4.18. The summed E-state index contributed by atoms with van der Waals surface area (Å²) in [5, 5.41) is 3.47. The Bertz CT molecular complexity index is 1700. The van der Waals surface area contributed by atoms with E-state index in [1.165, 1.54) is 17.0 Å². The molecule has 7 nitrogen and oxygen atoms in total. The number of halogens is 1. The second-order valence-corrected chi connectivity index (χ2v) is 14.6. The van der Waals surface area contributed by atoms with Crippen LogP contribution in [0.25, 0.3) is 0 Å². The van der Waals surface area contributed by atoms with Crippen molar-refractivity contribution in [2.24, 2.45) is 0 Å². The zero-order valence-corrected chi connectivity index (χ0v) is 27.9. The molecular formula is C36H40ClN3O4S. The maximum Gasteiger partial charge on any atom is 0.264 e. The van der Waals surface area contributed by atoms with Gasteiger partial charge in [0.05, 0.1) is 10.6 Å². The van der Waals surface area contributed by atoms with E-state index in [9.17, 15) is 18.0 Å². The van der Waals surface area contributed by atoms with Crippen molar-refractivity contribution >= 4 is 39.1 Å². The van der Waals surface area contributed by atoms with Crippen LogP contribution >= 0.6 is 11.6 Å². The second kappa shape index (κ2) is 14.3. The molecule has 2 amide bonds. The molecule has 0 saturated carbocycles. The molecule has 0 heterocycles. The molecule has 0 unspecified atom stereocenters. The molecule has 0 spiro atoms. The summed E-state index contributed by atoms with van der Waals surface area (Å²) in [5.74, 6) is -0.850. The maximum absolute atomic E-state index is 14.5. The number of amides is 2. The number of rotatable bonds is 11. The number of nitrogens with zero attached hydrogens (tertiary/aromatic N) is 2. The molecule has 0 bridgehead atoms. The molecule has 0 fully saturated rings. The number of carbonyl (C=O) groups excluding carboxylic acids is 2. The van der Waals surface area contributed by atoms with Gasteiger partial charge in [0.2, 0.25) is 11.8 Å². The van der Waals surface area contributed by atoms with Crippen LogP contribution in [0, 0.1) is 13.8 Å². The summed E-state index contributed by atoms with van der Waals surface area (Å²) < 4.78 is 29.3. The number of aryl methyl sites for hydroxylation is 2. The van der Waals surface area contributed by atoms with E-state index < -0.39 is 34.1 Å². The van der Waals surface area contributed by atoms with Crippen LogP contribution in [0.3, 0.4) is 0 Å². The predicted octanol–water partition coefficient (Wildman–Crippen LogP) is 6.71. The van der Waals surface area contributed by atoms with Crippen LogP contribution in [-0.2, 0) is 32.6 Å². The van der Waals surface area contributed by atoms with Crippen molar-refractivity contribution < 1.29 is 18.0 Å². The van der Waals surface area contributed by atoms with E-state index in [1.54, 1.807) is 36.4 Å². The lowest BCUT2D eigenvalue weighted by Crippen LogP contribution is -2.56. The molecule has 4 aromatic rings. The lowest BCUT2D eigenvalue weighted by atomic mass is 10.0. The average Bonchev–Trinajstić information content (AvgIpc) is 2.99. The van der Waals surface area contributed by atoms with Gasteiger partial charge in [0.15, 0.2) is 0 Å². The van der Waals surface area contributed by atoms with Crippen molar-refractivity contribution in [2.45, 2.75) is 64.1 Å². The van der Waals surface area contributed by atoms with Gasteiger partial charge in [-0.05, 0) is 82.1 Å². The van der Waals surface area contributed by atoms with E-state index in [1.807, 2.05) is 89.2 Å². The smallest absolute Gasteiger partial charge is 0.264 e. The summed E-state index contributed by atoms with van der Waals surface area (Å²) in [4.78, 5) is 30.0. The molecule has 1 atom stereocenters. The molecule has 4 rings (SSSR count). The van der Waals surface area contributed by atoms with E-state index in [4.69, 9.17) is 11.6 Å². The molecule has 45 heavy (non-hydrogen) atoms. The quantitative estimate of drug-likeness (QED) is 0.197. The summed E-state index contributed by atoms with van der Waals surface area (Å²) in [6.45, 7) is 9.06. The van der Waals surface area contributed by atoms with Crippen molar-refractivity contribution in [2.75, 3.05) is 10.8 Å². The maximum atomic E-state index is 14.5. The minimum atomic E-state index is -4.18. The van der Waals surface area contributed by atoms with Gasteiger partial charge in [0, 0.05) is 23.5 Å². The topological polar surface area (TPSA) is 86.8 Å². The predicted molar refractivity (Wildman–Crippen MR) is 181 cm³/mol. The molecule has 0 aliphatic carbocycles. The summed E-state index contributed by atoms with van der Waals surface area (Å²) in [6.07, 6.45) is 0.242. The Labute approximate surface area is 271 Å². The number of benzene rings is 4. The van der Waals surface area contributed by atoms with Crippen LogP contribution in [-0.4, -0.2) is 43.3 Å². The first-order valence-electron chi connectivity index (χ1n) is 14.8. The van der Waals surface area contributed by atoms with Crippen molar-refractivity contribution in [1.29, 1.82) is 0 Å². The van der Waals surface area contributed by atoms with Crippen molar-refractivity contribution in [3.63, 3.8) is 0 Å². The van der Waals surface area contributed by atoms with Gasteiger partial charge in [0.25, 0.3) is 10.0 Å². The van der Waals surface area contributed by atoms with Gasteiger partial charge in [-0.15, -0.1) is 0 Å². The third-order valence-electron chi connectivity index (χ3n) is 7.25. The van der Waals surface area contributed by atoms with Gasteiger partial charge in [-0.1, -0.05) is 89.5 Å². The largest absolute Gasteiger partial charge is 0.350 e. The van der Waals surface area contributed by atoms with Crippen LogP contribution in [0.2, 0.25) is 5.02 Å². The van der Waals surface area contributed by atoms with Gasteiger partial charge in [0.1, 0.15) is 12.6 Å². The van der Waals surface area contributed by atoms with Gasteiger partial charge in [-0.2, -0.15) is 0 Å². The monoisotopic (exact) mass is 645 g/mol. The highest BCUT2D eigenvalue weighted by molar-refractivity contribution is 7.92. The first-order chi connectivity index (χ1) is 21.2. The number of sulfonamides is 1. The minimum Gasteiger partial charge on any atom is -0.350 e. The average molecular weight is 646 g/mol. The lowest BCUT2D eigenvalue weighted by Gasteiger charge is -2.35.